The van der Waals surface area contributed by atoms with Crippen LogP contribution in [0.5, 0.6) is 0 Å². The minimum atomic E-state index is -3.28. The van der Waals surface area contributed by atoms with Crippen LogP contribution >= 0.6 is 11.3 Å². The van der Waals surface area contributed by atoms with Gasteiger partial charge in [0.15, 0.2) is 0 Å². The third-order valence-electron chi connectivity index (χ3n) is 5.00. The summed E-state index contributed by atoms with van der Waals surface area (Å²) in [7, 11) is -3.28. The molecule has 1 aliphatic rings. The lowest BCUT2D eigenvalue weighted by Crippen LogP contribution is -2.49. The maximum atomic E-state index is 13.3. The summed E-state index contributed by atoms with van der Waals surface area (Å²) in [6.07, 6.45) is 4.63. The summed E-state index contributed by atoms with van der Waals surface area (Å²) >= 11 is 1.41. The molecule has 148 valence electrons. The average molecular weight is 411 g/mol. The summed E-state index contributed by atoms with van der Waals surface area (Å²) in [6, 6.07) is -0.121. The highest BCUT2D eigenvalue weighted by Crippen LogP contribution is 2.33. The number of carbonyl (C=O) groups excluding carboxylic acids is 1. The maximum Gasteiger partial charge on any atom is 0.264 e. The van der Waals surface area contributed by atoms with E-state index >= 15 is 0 Å². The Bertz CT molecular complexity index is 969. The molecule has 0 bridgehead atoms. The molecule has 7 nitrogen and oxygen atoms in total. The lowest BCUT2D eigenvalue weighted by molar-refractivity contribution is 0.0623. The SMILES string of the molecule is CCc1nc(C)c2c(C)c(C(=O)N3CCCCC3CNS(C)(=O)=O)sc2n1. The number of nitrogens with zero attached hydrogens (tertiary/aromatic N) is 3. The fraction of sp³-hybridized carbons (Fsp3) is 0.611. The van der Waals surface area contributed by atoms with Crippen molar-refractivity contribution in [2.24, 2.45) is 0 Å². The number of hydrogen-bond donors (Lipinski definition) is 1. The van der Waals surface area contributed by atoms with Crippen molar-refractivity contribution in [1.82, 2.24) is 19.6 Å². The Morgan fingerprint density at radius 1 is 1.30 bits per heavy atom. The van der Waals surface area contributed by atoms with Gasteiger partial charge in [-0.1, -0.05) is 6.92 Å². The van der Waals surface area contributed by atoms with Crippen molar-refractivity contribution in [1.29, 1.82) is 0 Å². The molecule has 0 aliphatic carbocycles. The predicted molar refractivity (Wildman–Crippen MR) is 108 cm³/mol. The highest BCUT2D eigenvalue weighted by Gasteiger charge is 2.30. The number of rotatable bonds is 5. The fourth-order valence-corrected chi connectivity index (χ4v) is 5.32. The van der Waals surface area contributed by atoms with Gasteiger partial charge in [0, 0.05) is 36.6 Å². The predicted octanol–water partition coefficient (Wildman–Crippen LogP) is 2.41. The lowest BCUT2D eigenvalue weighted by atomic mass is 10.0. The van der Waals surface area contributed by atoms with Crippen LogP contribution in [0.2, 0.25) is 0 Å². The lowest BCUT2D eigenvalue weighted by Gasteiger charge is -2.35. The van der Waals surface area contributed by atoms with E-state index in [0.29, 0.717) is 11.4 Å². The number of aryl methyl sites for hydroxylation is 3. The van der Waals surface area contributed by atoms with E-state index in [1.165, 1.54) is 11.3 Å². The monoisotopic (exact) mass is 410 g/mol. The molecule has 3 heterocycles. The molecule has 1 aliphatic heterocycles. The first kappa shape index (κ1) is 20.2. The van der Waals surface area contributed by atoms with Gasteiger partial charge in [-0.3, -0.25) is 4.79 Å². The molecule has 0 aromatic carbocycles. The highest BCUT2D eigenvalue weighted by molar-refractivity contribution is 7.88. The molecule has 0 radical (unpaired) electrons. The first-order valence-electron chi connectivity index (χ1n) is 9.23. The maximum absolute atomic E-state index is 13.3. The summed E-state index contributed by atoms with van der Waals surface area (Å²) in [6.45, 7) is 6.82. The second-order valence-electron chi connectivity index (χ2n) is 7.08. The van der Waals surface area contributed by atoms with E-state index in [-0.39, 0.29) is 18.5 Å². The van der Waals surface area contributed by atoms with E-state index in [4.69, 9.17) is 0 Å². The first-order valence-corrected chi connectivity index (χ1v) is 11.9. The molecule has 9 heteroatoms. The van der Waals surface area contributed by atoms with Gasteiger partial charge < -0.3 is 4.90 Å². The van der Waals surface area contributed by atoms with Crippen LogP contribution in [0.15, 0.2) is 0 Å². The fourth-order valence-electron chi connectivity index (χ4n) is 3.62. The van der Waals surface area contributed by atoms with Crippen molar-refractivity contribution in [2.45, 2.75) is 52.5 Å². The Kier molecular flexibility index (Phi) is 5.83. The Morgan fingerprint density at radius 3 is 2.70 bits per heavy atom. The van der Waals surface area contributed by atoms with E-state index in [1.807, 2.05) is 25.7 Å². The van der Waals surface area contributed by atoms with Gasteiger partial charge in [-0.2, -0.15) is 0 Å². The number of piperidine rings is 1. The summed E-state index contributed by atoms with van der Waals surface area (Å²) in [5.41, 5.74) is 1.82. The number of aromatic nitrogens is 2. The Hall–Kier alpha value is -1.58. The molecular formula is C18H26N4O3S2. The zero-order valence-electron chi connectivity index (χ0n) is 16.2. The van der Waals surface area contributed by atoms with Crippen LogP contribution in [0.3, 0.4) is 0 Å². The van der Waals surface area contributed by atoms with Crippen LogP contribution < -0.4 is 4.72 Å². The van der Waals surface area contributed by atoms with Crippen molar-refractivity contribution < 1.29 is 13.2 Å². The van der Waals surface area contributed by atoms with E-state index in [0.717, 1.165) is 59.2 Å². The molecule has 3 rings (SSSR count). The third kappa shape index (κ3) is 4.30. The largest absolute Gasteiger partial charge is 0.334 e. The molecule has 1 saturated heterocycles. The van der Waals surface area contributed by atoms with Crippen LogP contribution in [-0.2, 0) is 16.4 Å². The van der Waals surface area contributed by atoms with Crippen molar-refractivity contribution in [3.8, 4) is 0 Å². The van der Waals surface area contributed by atoms with Gasteiger partial charge in [-0.05, 0) is 38.7 Å². The first-order chi connectivity index (χ1) is 12.7. The van der Waals surface area contributed by atoms with Crippen molar-refractivity contribution in [2.75, 3.05) is 19.3 Å². The minimum absolute atomic E-state index is 0.0343. The van der Waals surface area contributed by atoms with Gasteiger partial charge in [0.25, 0.3) is 5.91 Å². The van der Waals surface area contributed by atoms with Crippen LogP contribution in [0.1, 0.15) is 52.9 Å². The number of thiophene rings is 1. The molecule has 0 spiro atoms. The number of nitrogens with one attached hydrogen (secondary N) is 1. The molecule has 1 fully saturated rings. The number of hydrogen-bond acceptors (Lipinski definition) is 6. The highest BCUT2D eigenvalue weighted by atomic mass is 32.2. The van der Waals surface area contributed by atoms with Gasteiger partial charge in [0.05, 0.1) is 11.1 Å². The summed E-state index contributed by atoms with van der Waals surface area (Å²) in [5.74, 6) is 0.751. The second-order valence-corrected chi connectivity index (χ2v) is 9.92. The number of fused-ring (bicyclic) bond motifs is 1. The Balaban J connectivity index is 1.93. The van der Waals surface area contributed by atoms with Gasteiger partial charge in [-0.25, -0.2) is 23.1 Å². The second kappa shape index (κ2) is 7.81. The molecule has 2 aromatic rings. The molecule has 0 saturated carbocycles. The third-order valence-corrected chi connectivity index (χ3v) is 6.86. The summed E-state index contributed by atoms with van der Waals surface area (Å²) < 4.78 is 25.5. The topological polar surface area (TPSA) is 92.3 Å². The average Bonchev–Trinajstić information content (AvgIpc) is 2.96. The molecule has 1 atom stereocenters. The minimum Gasteiger partial charge on any atom is -0.334 e. The smallest absolute Gasteiger partial charge is 0.264 e. The van der Waals surface area contributed by atoms with Gasteiger partial charge in [0.1, 0.15) is 10.7 Å². The molecule has 1 amide bonds. The number of carbonyl (C=O) groups is 1. The van der Waals surface area contributed by atoms with Crippen molar-refractivity contribution in [3.63, 3.8) is 0 Å². The molecular weight excluding hydrogens is 384 g/mol. The molecule has 27 heavy (non-hydrogen) atoms. The Labute approximate surface area is 164 Å². The van der Waals surface area contributed by atoms with E-state index in [9.17, 15) is 13.2 Å². The van der Waals surface area contributed by atoms with Crippen LogP contribution in [0.25, 0.3) is 10.2 Å². The quantitative estimate of drug-likeness (QED) is 0.817. The van der Waals surface area contributed by atoms with Crippen molar-refractivity contribution >= 4 is 37.5 Å². The summed E-state index contributed by atoms with van der Waals surface area (Å²) in [5, 5.41) is 0.961. The molecule has 1 unspecified atom stereocenters. The van der Waals surface area contributed by atoms with Gasteiger partial charge >= 0.3 is 0 Å². The number of likely N-dealkylation sites (tertiary alicyclic amines) is 1. The van der Waals surface area contributed by atoms with Crippen LogP contribution in [0, 0.1) is 13.8 Å². The zero-order valence-corrected chi connectivity index (χ0v) is 17.8. The van der Waals surface area contributed by atoms with E-state index in [2.05, 4.69) is 14.7 Å². The van der Waals surface area contributed by atoms with E-state index < -0.39 is 10.0 Å². The van der Waals surface area contributed by atoms with Crippen LogP contribution in [-0.4, -0.2) is 54.6 Å². The van der Waals surface area contributed by atoms with Gasteiger partial charge in [-0.15, -0.1) is 11.3 Å². The van der Waals surface area contributed by atoms with Gasteiger partial charge in [0.2, 0.25) is 10.0 Å². The zero-order chi connectivity index (χ0) is 19.8. The standard InChI is InChI=1S/C18H26N4O3S2/c1-5-14-20-12(3)15-11(2)16(26-17(15)21-14)18(23)22-9-7-6-8-13(22)10-19-27(4,24)25/h13,19H,5-10H2,1-4H3. The normalized spacial score (nSPS) is 18.2. The van der Waals surface area contributed by atoms with Crippen LogP contribution in [0.4, 0.5) is 0 Å². The number of amides is 1. The number of sulfonamides is 1. The van der Waals surface area contributed by atoms with Crippen molar-refractivity contribution in [3.05, 3.63) is 22.0 Å². The molecule has 1 N–H and O–H groups in total. The summed E-state index contributed by atoms with van der Waals surface area (Å²) in [4.78, 5) is 25.8. The molecule has 2 aromatic heterocycles. The Morgan fingerprint density at radius 2 is 2.04 bits per heavy atom. The van der Waals surface area contributed by atoms with E-state index in [1.54, 1.807) is 0 Å².